The summed E-state index contributed by atoms with van der Waals surface area (Å²) in [6, 6.07) is 14.5. The predicted octanol–water partition coefficient (Wildman–Crippen LogP) is 4.44. The van der Waals surface area contributed by atoms with Crippen LogP contribution in [0, 0.1) is 11.7 Å². The Labute approximate surface area is 171 Å². The normalized spacial score (nSPS) is 23.3. The summed E-state index contributed by atoms with van der Waals surface area (Å²) in [5, 5.41) is 3.39. The maximum Gasteiger partial charge on any atom is 0.411 e. The van der Waals surface area contributed by atoms with Crippen molar-refractivity contribution in [2.45, 2.75) is 43.7 Å². The second-order valence-corrected chi connectivity index (χ2v) is 8.55. The Morgan fingerprint density at radius 2 is 1.79 bits per heavy atom. The van der Waals surface area contributed by atoms with Crippen molar-refractivity contribution in [3.8, 4) is 0 Å². The maximum atomic E-state index is 13.5. The van der Waals surface area contributed by atoms with Crippen LogP contribution in [0.25, 0.3) is 0 Å². The molecule has 5 heteroatoms. The Hall–Kier alpha value is -2.40. The number of carbonyl (C=O) groups is 1. The molecule has 1 N–H and O–H groups in total. The van der Waals surface area contributed by atoms with Crippen molar-refractivity contribution in [2.24, 2.45) is 5.92 Å². The molecule has 2 aromatic rings. The van der Waals surface area contributed by atoms with Gasteiger partial charge in [0.25, 0.3) is 0 Å². The van der Waals surface area contributed by atoms with Crippen LogP contribution in [0.15, 0.2) is 48.5 Å². The van der Waals surface area contributed by atoms with E-state index in [1.54, 1.807) is 12.1 Å². The zero-order valence-electron chi connectivity index (χ0n) is 16.6. The van der Waals surface area contributed by atoms with Gasteiger partial charge in [0.15, 0.2) is 0 Å². The van der Waals surface area contributed by atoms with Gasteiger partial charge >= 0.3 is 6.09 Å². The lowest BCUT2D eigenvalue weighted by Gasteiger charge is -2.39. The number of carbonyl (C=O) groups excluding carboxylic acids is 1. The molecule has 3 aliphatic rings. The second-order valence-electron chi connectivity index (χ2n) is 8.55. The van der Waals surface area contributed by atoms with Gasteiger partial charge in [0.1, 0.15) is 11.4 Å². The number of hydrogen-bond acceptors (Lipinski definition) is 3. The van der Waals surface area contributed by atoms with Crippen molar-refractivity contribution in [2.75, 3.05) is 19.6 Å². The van der Waals surface area contributed by atoms with Gasteiger partial charge in [-0.25, -0.2) is 9.18 Å². The van der Waals surface area contributed by atoms with E-state index in [4.69, 9.17) is 4.74 Å². The first kappa shape index (κ1) is 18.6. The first-order valence-corrected chi connectivity index (χ1v) is 10.7. The smallest absolute Gasteiger partial charge is 0.411 e. The van der Waals surface area contributed by atoms with E-state index in [9.17, 15) is 9.18 Å². The average Bonchev–Trinajstić information content (AvgIpc) is 3.55. The number of hydrogen-bond donors (Lipinski definition) is 1. The van der Waals surface area contributed by atoms with Gasteiger partial charge in [-0.2, -0.15) is 0 Å². The molecular formula is C24H27FN2O2. The molecule has 5 rings (SSSR count). The van der Waals surface area contributed by atoms with Crippen LogP contribution < -0.4 is 5.32 Å². The van der Waals surface area contributed by atoms with Crippen molar-refractivity contribution in [3.63, 3.8) is 0 Å². The van der Waals surface area contributed by atoms with Gasteiger partial charge < -0.3 is 10.1 Å². The van der Waals surface area contributed by atoms with E-state index in [1.165, 1.54) is 17.7 Å². The Morgan fingerprint density at radius 3 is 2.52 bits per heavy atom. The lowest BCUT2D eigenvalue weighted by molar-refractivity contribution is 0.00374. The third-order valence-corrected chi connectivity index (χ3v) is 6.82. The maximum absolute atomic E-state index is 13.5. The van der Waals surface area contributed by atoms with E-state index in [-0.39, 0.29) is 23.6 Å². The highest BCUT2D eigenvalue weighted by atomic mass is 19.1. The second kappa shape index (κ2) is 7.45. The zero-order valence-corrected chi connectivity index (χ0v) is 16.6. The van der Waals surface area contributed by atoms with Crippen molar-refractivity contribution in [1.29, 1.82) is 0 Å². The molecule has 0 spiro atoms. The number of nitrogens with one attached hydrogen (secondary N) is 1. The molecule has 2 fully saturated rings. The minimum atomic E-state index is -0.274. The monoisotopic (exact) mass is 394 g/mol. The number of rotatable bonds is 3. The molecule has 2 heterocycles. The molecule has 4 nitrogen and oxygen atoms in total. The van der Waals surface area contributed by atoms with Crippen molar-refractivity contribution < 1.29 is 13.9 Å². The Balaban J connectivity index is 1.43. The third-order valence-electron chi connectivity index (χ3n) is 6.82. The fourth-order valence-electron chi connectivity index (χ4n) is 5.07. The summed E-state index contributed by atoms with van der Waals surface area (Å²) in [7, 11) is 0. The van der Waals surface area contributed by atoms with Crippen molar-refractivity contribution in [3.05, 3.63) is 71.0 Å². The van der Waals surface area contributed by atoms with Gasteiger partial charge in [-0.05, 0) is 74.0 Å². The molecule has 152 valence electrons. The van der Waals surface area contributed by atoms with Crippen LogP contribution in [0.3, 0.4) is 0 Å². The van der Waals surface area contributed by atoms with Gasteiger partial charge in [-0.1, -0.05) is 36.4 Å². The number of fused-ring (bicyclic) bond motifs is 1. The lowest BCUT2D eigenvalue weighted by atomic mass is 9.88. The minimum Gasteiger partial charge on any atom is -0.442 e. The fraction of sp³-hybridized carbons (Fsp3) is 0.458. The summed E-state index contributed by atoms with van der Waals surface area (Å²) >= 11 is 0. The van der Waals surface area contributed by atoms with Gasteiger partial charge in [0.05, 0.1) is 6.04 Å². The van der Waals surface area contributed by atoms with E-state index in [0.29, 0.717) is 12.5 Å². The number of ether oxygens (including phenoxy) is 1. The predicted molar refractivity (Wildman–Crippen MR) is 109 cm³/mol. The molecule has 2 aliphatic heterocycles. The molecule has 0 radical (unpaired) electrons. The SMILES string of the molecule is O=C(OC1(C2CCNCC2)CC1)N1CCc2ccccc2C1c1ccc(F)cc1. The van der Waals surface area contributed by atoms with Crippen molar-refractivity contribution >= 4 is 6.09 Å². The lowest BCUT2D eigenvalue weighted by Crippen LogP contribution is -2.45. The number of amides is 1. The molecule has 0 aromatic heterocycles. The van der Waals surface area contributed by atoms with Crippen LogP contribution in [0.5, 0.6) is 0 Å². The summed E-state index contributed by atoms with van der Waals surface area (Å²) in [5.74, 6) is 0.184. The fourth-order valence-corrected chi connectivity index (χ4v) is 5.07. The summed E-state index contributed by atoms with van der Waals surface area (Å²) in [6.07, 6.45) is 4.65. The topological polar surface area (TPSA) is 41.6 Å². The molecule has 1 saturated carbocycles. The molecule has 29 heavy (non-hydrogen) atoms. The molecule has 1 aliphatic carbocycles. The Morgan fingerprint density at radius 1 is 1.07 bits per heavy atom. The Kier molecular flexibility index (Phi) is 4.78. The molecular weight excluding hydrogens is 367 g/mol. The summed E-state index contributed by atoms with van der Waals surface area (Å²) in [5.41, 5.74) is 2.99. The van der Waals surface area contributed by atoms with Crippen LogP contribution >= 0.6 is 0 Å². The molecule has 2 aromatic carbocycles. The van der Waals surface area contributed by atoms with Gasteiger partial charge in [0, 0.05) is 12.5 Å². The third kappa shape index (κ3) is 3.52. The zero-order chi connectivity index (χ0) is 19.8. The van der Waals surface area contributed by atoms with Crippen LogP contribution in [-0.2, 0) is 11.2 Å². The van der Waals surface area contributed by atoms with E-state index in [2.05, 4.69) is 17.4 Å². The number of halogens is 1. The summed E-state index contributed by atoms with van der Waals surface area (Å²) < 4.78 is 19.7. The first-order valence-electron chi connectivity index (χ1n) is 10.7. The largest absolute Gasteiger partial charge is 0.442 e. The summed E-state index contributed by atoms with van der Waals surface area (Å²) in [4.78, 5) is 15.2. The van der Waals surface area contributed by atoms with Crippen molar-refractivity contribution in [1.82, 2.24) is 10.2 Å². The standard InChI is InChI=1S/C24H27FN2O2/c25-20-7-5-18(6-8-20)22-21-4-2-1-3-17(21)11-16-27(22)23(28)29-24(12-13-24)19-9-14-26-15-10-19/h1-8,19,22,26H,9-16H2. The highest BCUT2D eigenvalue weighted by Crippen LogP contribution is 2.50. The van der Waals surface area contributed by atoms with Gasteiger partial charge in [0.2, 0.25) is 0 Å². The highest BCUT2D eigenvalue weighted by Gasteiger charge is 2.54. The quantitative estimate of drug-likeness (QED) is 0.837. The number of benzene rings is 2. The van der Waals surface area contributed by atoms with E-state index in [0.717, 1.165) is 56.3 Å². The van der Waals surface area contributed by atoms with Crippen LogP contribution in [0.4, 0.5) is 9.18 Å². The number of nitrogens with zero attached hydrogens (tertiary/aromatic N) is 1. The molecule has 1 saturated heterocycles. The molecule has 1 unspecified atom stereocenters. The van der Waals surface area contributed by atoms with E-state index >= 15 is 0 Å². The van der Waals surface area contributed by atoms with E-state index < -0.39 is 0 Å². The van der Waals surface area contributed by atoms with Gasteiger partial charge in [-0.15, -0.1) is 0 Å². The molecule has 1 atom stereocenters. The molecule has 0 bridgehead atoms. The average molecular weight is 394 g/mol. The number of piperidine rings is 1. The minimum absolute atomic E-state index is 0.232. The van der Waals surface area contributed by atoms with Crippen LogP contribution in [0.2, 0.25) is 0 Å². The van der Waals surface area contributed by atoms with Gasteiger partial charge in [-0.3, -0.25) is 4.90 Å². The van der Waals surface area contributed by atoms with Crippen LogP contribution in [-0.4, -0.2) is 36.2 Å². The van der Waals surface area contributed by atoms with E-state index in [1.807, 2.05) is 17.0 Å². The first-order chi connectivity index (χ1) is 14.2. The Bertz CT molecular complexity index is 888. The van der Waals surface area contributed by atoms with Crippen LogP contribution in [0.1, 0.15) is 48.4 Å². The summed E-state index contributed by atoms with van der Waals surface area (Å²) in [6.45, 7) is 2.61. The molecule has 1 amide bonds. The highest BCUT2D eigenvalue weighted by molar-refractivity contribution is 5.71.